The van der Waals surface area contributed by atoms with Crippen LogP contribution in [0.1, 0.15) is 30.1 Å². The van der Waals surface area contributed by atoms with E-state index in [1.54, 1.807) is 19.3 Å². The molecule has 1 aromatic rings. The number of nitrogens with one attached hydrogen (secondary N) is 1. The standard InChI is InChI=1S/C12H15N3O2/c1-3-10(4-6-13)14-12(17)9-5-7-15(2)11(16)8-9/h5,7-8,10H,3-4H2,1-2H3,(H,14,17). The van der Waals surface area contributed by atoms with E-state index in [2.05, 4.69) is 5.32 Å². The summed E-state index contributed by atoms with van der Waals surface area (Å²) in [6.07, 6.45) is 2.50. The molecule has 1 N–H and O–H groups in total. The number of aromatic nitrogens is 1. The maximum absolute atomic E-state index is 11.8. The number of hydrogen-bond donors (Lipinski definition) is 1. The average molecular weight is 233 g/mol. The molecule has 5 heteroatoms. The molecule has 0 bridgehead atoms. The largest absolute Gasteiger partial charge is 0.348 e. The normalized spacial score (nSPS) is 11.6. The highest BCUT2D eigenvalue weighted by Gasteiger charge is 2.12. The third kappa shape index (κ3) is 3.45. The molecule has 90 valence electrons. The highest BCUT2D eigenvalue weighted by Crippen LogP contribution is 2.00. The molecule has 1 heterocycles. The Morgan fingerprint density at radius 3 is 2.88 bits per heavy atom. The van der Waals surface area contributed by atoms with Crippen molar-refractivity contribution in [1.82, 2.24) is 9.88 Å². The zero-order chi connectivity index (χ0) is 12.8. The van der Waals surface area contributed by atoms with Gasteiger partial charge >= 0.3 is 0 Å². The van der Waals surface area contributed by atoms with Crippen molar-refractivity contribution in [2.45, 2.75) is 25.8 Å². The zero-order valence-corrected chi connectivity index (χ0v) is 9.93. The summed E-state index contributed by atoms with van der Waals surface area (Å²) in [5.41, 5.74) is 0.0930. The van der Waals surface area contributed by atoms with Crippen LogP contribution in [0.3, 0.4) is 0 Å². The summed E-state index contributed by atoms with van der Waals surface area (Å²) in [7, 11) is 1.62. The van der Waals surface area contributed by atoms with Gasteiger partial charge in [0, 0.05) is 30.9 Å². The van der Waals surface area contributed by atoms with Crippen molar-refractivity contribution in [1.29, 1.82) is 5.26 Å². The van der Waals surface area contributed by atoms with Gasteiger partial charge in [0.2, 0.25) is 0 Å². The van der Waals surface area contributed by atoms with Gasteiger partial charge in [0.25, 0.3) is 11.5 Å². The lowest BCUT2D eigenvalue weighted by Crippen LogP contribution is -2.34. The van der Waals surface area contributed by atoms with Crippen molar-refractivity contribution in [3.63, 3.8) is 0 Å². The Hall–Kier alpha value is -2.09. The molecule has 5 nitrogen and oxygen atoms in total. The molecule has 0 spiro atoms. The number of aryl methyl sites for hydroxylation is 1. The number of carbonyl (C=O) groups is 1. The van der Waals surface area contributed by atoms with Crippen LogP contribution in [0.5, 0.6) is 0 Å². The second-order valence-electron chi connectivity index (χ2n) is 3.81. The van der Waals surface area contributed by atoms with E-state index in [1.165, 1.54) is 10.6 Å². The minimum atomic E-state index is -0.315. The molecule has 1 unspecified atom stereocenters. The van der Waals surface area contributed by atoms with Gasteiger partial charge in [-0.1, -0.05) is 6.92 Å². The van der Waals surface area contributed by atoms with E-state index < -0.39 is 0 Å². The van der Waals surface area contributed by atoms with Gasteiger partial charge in [0.15, 0.2) is 0 Å². The maximum Gasteiger partial charge on any atom is 0.251 e. The molecular weight excluding hydrogens is 218 g/mol. The first-order chi connectivity index (χ1) is 8.08. The number of pyridine rings is 1. The summed E-state index contributed by atoms with van der Waals surface area (Å²) in [5.74, 6) is -0.315. The van der Waals surface area contributed by atoms with Gasteiger partial charge in [0.05, 0.1) is 12.5 Å². The molecule has 0 fully saturated rings. The van der Waals surface area contributed by atoms with E-state index in [0.29, 0.717) is 12.0 Å². The Labute approximate surface area is 99.7 Å². The summed E-state index contributed by atoms with van der Waals surface area (Å²) >= 11 is 0. The minimum Gasteiger partial charge on any atom is -0.348 e. The molecule has 0 aliphatic heterocycles. The maximum atomic E-state index is 11.8. The third-order valence-corrected chi connectivity index (χ3v) is 2.53. The Balaban J connectivity index is 2.79. The van der Waals surface area contributed by atoms with Crippen LogP contribution in [0.25, 0.3) is 0 Å². The SMILES string of the molecule is CCC(CC#N)NC(=O)c1ccn(C)c(=O)c1. The fraction of sp³-hybridized carbons (Fsp3) is 0.417. The van der Waals surface area contributed by atoms with Crippen LogP contribution in [0.2, 0.25) is 0 Å². The molecule has 1 aromatic heterocycles. The van der Waals surface area contributed by atoms with E-state index in [-0.39, 0.29) is 23.9 Å². The highest BCUT2D eigenvalue weighted by molar-refractivity contribution is 5.94. The quantitative estimate of drug-likeness (QED) is 0.836. The summed E-state index contributed by atoms with van der Waals surface area (Å²) in [6, 6.07) is 4.71. The minimum absolute atomic E-state index is 0.170. The van der Waals surface area contributed by atoms with E-state index in [4.69, 9.17) is 5.26 Å². The monoisotopic (exact) mass is 233 g/mol. The predicted molar refractivity (Wildman–Crippen MR) is 63.5 cm³/mol. The molecule has 0 aliphatic carbocycles. The topological polar surface area (TPSA) is 74.9 Å². The first kappa shape index (κ1) is 13.0. The molecule has 1 rings (SSSR count). The smallest absolute Gasteiger partial charge is 0.251 e. The van der Waals surface area contributed by atoms with Crippen LogP contribution in [0.15, 0.2) is 23.1 Å². The molecule has 0 radical (unpaired) electrons. The number of rotatable bonds is 4. The first-order valence-electron chi connectivity index (χ1n) is 5.43. The van der Waals surface area contributed by atoms with Crippen LogP contribution >= 0.6 is 0 Å². The predicted octanol–water partition coefficient (Wildman–Crippen LogP) is 0.807. The molecular formula is C12H15N3O2. The Bertz CT molecular complexity index is 499. The Morgan fingerprint density at radius 1 is 1.65 bits per heavy atom. The molecule has 1 amide bonds. The number of nitrogens with zero attached hydrogens (tertiary/aromatic N) is 2. The van der Waals surface area contributed by atoms with Gasteiger partial charge < -0.3 is 9.88 Å². The fourth-order valence-electron chi connectivity index (χ4n) is 1.37. The third-order valence-electron chi connectivity index (χ3n) is 2.53. The molecule has 1 atom stereocenters. The number of hydrogen-bond acceptors (Lipinski definition) is 3. The number of nitriles is 1. The molecule has 0 saturated carbocycles. The van der Waals surface area contributed by atoms with Crippen LogP contribution in [-0.4, -0.2) is 16.5 Å². The summed E-state index contributed by atoms with van der Waals surface area (Å²) in [6.45, 7) is 1.90. The summed E-state index contributed by atoms with van der Waals surface area (Å²) < 4.78 is 1.39. The molecule has 0 aromatic carbocycles. The highest BCUT2D eigenvalue weighted by atomic mass is 16.2. The van der Waals surface area contributed by atoms with Crippen molar-refractivity contribution in [2.24, 2.45) is 7.05 Å². The van der Waals surface area contributed by atoms with Gasteiger partial charge in [-0.05, 0) is 12.5 Å². The Morgan fingerprint density at radius 2 is 2.35 bits per heavy atom. The van der Waals surface area contributed by atoms with E-state index in [0.717, 1.165) is 0 Å². The van der Waals surface area contributed by atoms with E-state index >= 15 is 0 Å². The second-order valence-corrected chi connectivity index (χ2v) is 3.81. The van der Waals surface area contributed by atoms with Crippen LogP contribution in [0, 0.1) is 11.3 Å². The lowest BCUT2D eigenvalue weighted by molar-refractivity contribution is 0.0936. The summed E-state index contributed by atoms with van der Waals surface area (Å²) in [5, 5.41) is 11.3. The molecule has 0 aliphatic rings. The van der Waals surface area contributed by atoms with Gasteiger partial charge in [-0.15, -0.1) is 0 Å². The molecule has 0 saturated heterocycles. The van der Waals surface area contributed by atoms with Gasteiger partial charge in [0.1, 0.15) is 0 Å². The van der Waals surface area contributed by atoms with Crippen molar-refractivity contribution in [3.8, 4) is 6.07 Å². The van der Waals surface area contributed by atoms with Crippen molar-refractivity contribution < 1.29 is 4.79 Å². The van der Waals surface area contributed by atoms with Crippen LogP contribution in [-0.2, 0) is 7.05 Å². The lowest BCUT2D eigenvalue weighted by Gasteiger charge is -2.13. The number of carbonyl (C=O) groups excluding carboxylic acids is 1. The zero-order valence-electron chi connectivity index (χ0n) is 9.93. The van der Waals surface area contributed by atoms with Gasteiger partial charge in [-0.3, -0.25) is 9.59 Å². The van der Waals surface area contributed by atoms with E-state index in [9.17, 15) is 9.59 Å². The van der Waals surface area contributed by atoms with Gasteiger partial charge in [-0.25, -0.2) is 0 Å². The summed E-state index contributed by atoms with van der Waals surface area (Å²) in [4.78, 5) is 23.1. The van der Waals surface area contributed by atoms with Crippen LogP contribution in [0.4, 0.5) is 0 Å². The lowest BCUT2D eigenvalue weighted by atomic mass is 10.1. The molecule has 17 heavy (non-hydrogen) atoms. The first-order valence-corrected chi connectivity index (χ1v) is 5.43. The number of amides is 1. The van der Waals surface area contributed by atoms with Crippen molar-refractivity contribution in [3.05, 3.63) is 34.2 Å². The average Bonchev–Trinajstić information content (AvgIpc) is 2.31. The second kappa shape index (κ2) is 5.85. The van der Waals surface area contributed by atoms with E-state index in [1.807, 2.05) is 13.0 Å². The van der Waals surface area contributed by atoms with Crippen LogP contribution < -0.4 is 10.9 Å². The Kier molecular flexibility index (Phi) is 4.46. The fourth-order valence-corrected chi connectivity index (χ4v) is 1.37. The van der Waals surface area contributed by atoms with Crippen molar-refractivity contribution in [2.75, 3.05) is 0 Å². The van der Waals surface area contributed by atoms with Crippen molar-refractivity contribution >= 4 is 5.91 Å². The van der Waals surface area contributed by atoms with Gasteiger partial charge in [-0.2, -0.15) is 5.26 Å².